The van der Waals surface area contributed by atoms with Crippen molar-refractivity contribution < 1.29 is 4.74 Å². The van der Waals surface area contributed by atoms with Crippen LogP contribution in [-0.2, 0) is 4.74 Å². The lowest BCUT2D eigenvalue weighted by molar-refractivity contribution is 0.0836. The second kappa shape index (κ2) is 14.5. The lowest BCUT2D eigenvalue weighted by Gasteiger charge is -2.14. The molecule has 0 amide bonds. The van der Waals surface area contributed by atoms with Crippen molar-refractivity contribution in [2.24, 2.45) is 5.92 Å². The minimum atomic E-state index is 0.524. The lowest BCUT2D eigenvalue weighted by Crippen LogP contribution is -2.09. The molecule has 1 rings (SSSR count). The second-order valence-electron chi connectivity index (χ2n) is 7.56. The molecule has 1 unspecified atom stereocenters. The highest BCUT2D eigenvalue weighted by Gasteiger charge is 2.19. The first-order valence-corrected chi connectivity index (χ1v) is 10.4. The molecular weight excluding hydrogens is 268 g/mol. The van der Waals surface area contributed by atoms with Gasteiger partial charge in [-0.05, 0) is 18.8 Å². The predicted octanol–water partition coefficient (Wildman–Crippen LogP) is 7.28. The highest BCUT2D eigenvalue weighted by Crippen LogP contribution is 2.34. The zero-order valence-electron chi connectivity index (χ0n) is 15.6. The van der Waals surface area contributed by atoms with Crippen LogP contribution in [0.15, 0.2) is 0 Å². The lowest BCUT2D eigenvalue weighted by atomic mass is 10.0. The number of rotatable bonds is 17. The molecule has 1 atom stereocenters. The molecule has 22 heavy (non-hydrogen) atoms. The third-order valence-electron chi connectivity index (χ3n) is 5.30. The molecule has 0 saturated heterocycles. The Bertz CT molecular complexity index is 222. The molecular formula is C21H42O. The highest BCUT2D eigenvalue weighted by molar-refractivity contribution is 4.72. The topological polar surface area (TPSA) is 9.23 Å². The van der Waals surface area contributed by atoms with Crippen LogP contribution in [-0.4, -0.2) is 13.2 Å². The van der Waals surface area contributed by atoms with Crippen molar-refractivity contribution in [1.29, 1.82) is 0 Å². The van der Waals surface area contributed by atoms with Crippen LogP contribution in [0.1, 0.15) is 116 Å². The van der Waals surface area contributed by atoms with E-state index in [-0.39, 0.29) is 0 Å². The molecule has 1 heteroatoms. The summed E-state index contributed by atoms with van der Waals surface area (Å²) in [5.74, 6) is 1.14. The van der Waals surface area contributed by atoms with Gasteiger partial charge in [0, 0.05) is 7.11 Å². The van der Waals surface area contributed by atoms with Crippen molar-refractivity contribution >= 4 is 0 Å². The summed E-state index contributed by atoms with van der Waals surface area (Å²) in [6, 6.07) is 0. The zero-order valence-corrected chi connectivity index (χ0v) is 15.6. The summed E-state index contributed by atoms with van der Waals surface area (Å²) in [4.78, 5) is 0. The largest absolute Gasteiger partial charge is 0.381 e. The summed E-state index contributed by atoms with van der Waals surface area (Å²) in [6.45, 7) is 2.26. The van der Waals surface area contributed by atoms with Crippen molar-refractivity contribution in [3.63, 3.8) is 0 Å². The Morgan fingerprint density at radius 2 is 1.23 bits per heavy atom. The molecule has 1 aliphatic rings. The Labute approximate surface area is 140 Å². The van der Waals surface area contributed by atoms with Crippen LogP contribution in [0.2, 0.25) is 0 Å². The monoisotopic (exact) mass is 310 g/mol. The minimum absolute atomic E-state index is 0.524. The molecule has 0 aromatic heterocycles. The molecule has 1 fully saturated rings. The SMILES string of the molecule is CCCCC(CCCCCCCCCCCCC1CC1)OC. The van der Waals surface area contributed by atoms with Gasteiger partial charge in [0.2, 0.25) is 0 Å². The molecule has 0 bridgehead atoms. The van der Waals surface area contributed by atoms with Crippen LogP contribution in [0.3, 0.4) is 0 Å². The van der Waals surface area contributed by atoms with E-state index in [1.165, 1.54) is 109 Å². The fourth-order valence-electron chi connectivity index (χ4n) is 3.44. The molecule has 0 heterocycles. The smallest absolute Gasteiger partial charge is 0.0571 e. The van der Waals surface area contributed by atoms with Crippen LogP contribution in [0, 0.1) is 5.92 Å². The molecule has 0 N–H and O–H groups in total. The van der Waals surface area contributed by atoms with E-state index >= 15 is 0 Å². The predicted molar refractivity (Wildman–Crippen MR) is 98.5 cm³/mol. The third-order valence-corrected chi connectivity index (χ3v) is 5.30. The quantitative estimate of drug-likeness (QED) is 0.256. The summed E-state index contributed by atoms with van der Waals surface area (Å²) in [5.41, 5.74) is 0. The van der Waals surface area contributed by atoms with Crippen molar-refractivity contribution in [3.8, 4) is 0 Å². The first kappa shape index (κ1) is 20.0. The maximum atomic E-state index is 5.56. The molecule has 0 aromatic carbocycles. The van der Waals surface area contributed by atoms with Crippen molar-refractivity contribution in [1.82, 2.24) is 0 Å². The first-order valence-electron chi connectivity index (χ1n) is 10.4. The van der Waals surface area contributed by atoms with E-state index in [1.807, 2.05) is 7.11 Å². The summed E-state index contributed by atoms with van der Waals surface area (Å²) >= 11 is 0. The average molecular weight is 311 g/mol. The van der Waals surface area contributed by atoms with Gasteiger partial charge in [-0.2, -0.15) is 0 Å². The number of hydrogen-bond acceptors (Lipinski definition) is 1. The molecule has 1 nitrogen and oxygen atoms in total. The molecule has 1 aliphatic carbocycles. The first-order chi connectivity index (χ1) is 10.9. The molecule has 0 radical (unpaired) electrons. The summed E-state index contributed by atoms with van der Waals surface area (Å²) in [7, 11) is 1.88. The molecule has 1 saturated carbocycles. The van der Waals surface area contributed by atoms with Gasteiger partial charge in [0.15, 0.2) is 0 Å². The number of unbranched alkanes of at least 4 members (excludes halogenated alkanes) is 10. The molecule has 0 aromatic rings. The van der Waals surface area contributed by atoms with E-state index in [1.54, 1.807) is 0 Å². The van der Waals surface area contributed by atoms with Crippen molar-refractivity contribution in [2.75, 3.05) is 7.11 Å². The van der Waals surface area contributed by atoms with E-state index in [9.17, 15) is 0 Å². The van der Waals surface area contributed by atoms with Gasteiger partial charge in [0.05, 0.1) is 6.10 Å². The molecule has 132 valence electrons. The number of hydrogen-bond donors (Lipinski definition) is 0. The van der Waals surface area contributed by atoms with Gasteiger partial charge in [0.25, 0.3) is 0 Å². The Hall–Kier alpha value is -0.0400. The summed E-state index contributed by atoms with van der Waals surface area (Å²) in [6.07, 6.45) is 24.8. The van der Waals surface area contributed by atoms with Crippen LogP contribution in [0.25, 0.3) is 0 Å². The Morgan fingerprint density at radius 1 is 0.727 bits per heavy atom. The maximum absolute atomic E-state index is 5.56. The van der Waals surface area contributed by atoms with Crippen molar-refractivity contribution in [3.05, 3.63) is 0 Å². The number of ether oxygens (including phenoxy) is 1. The Morgan fingerprint density at radius 3 is 1.73 bits per heavy atom. The second-order valence-corrected chi connectivity index (χ2v) is 7.56. The van der Waals surface area contributed by atoms with Crippen LogP contribution in [0.4, 0.5) is 0 Å². The van der Waals surface area contributed by atoms with Crippen LogP contribution < -0.4 is 0 Å². The Balaban J connectivity index is 1.71. The van der Waals surface area contributed by atoms with E-state index < -0.39 is 0 Å². The third kappa shape index (κ3) is 12.5. The van der Waals surface area contributed by atoms with E-state index in [2.05, 4.69) is 6.92 Å². The highest BCUT2D eigenvalue weighted by atomic mass is 16.5. The van der Waals surface area contributed by atoms with Gasteiger partial charge >= 0.3 is 0 Å². The minimum Gasteiger partial charge on any atom is -0.381 e. The summed E-state index contributed by atoms with van der Waals surface area (Å²) in [5, 5.41) is 0. The van der Waals surface area contributed by atoms with Crippen LogP contribution >= 0.6 is 0 Å². The van der Waals surface area contributed by atoms with Crippen molar-refractivity contribution in [2.45, 2.75) is 122 Å². The molecule has 0 spiro atoms. The maximum Gasteiger partial charge on any atom is 0.0571 e. The standard InChI is InChI=1S/C21H42O/c1-3-4-16-21(22-2)17-14-12-10-8-6-5-7-9-11-13-15-20-18-19-20/h20-21H,3-19H2,1-2H3. The fraction of sp³-hybridized carbons (Fsp3) is 1.00. The van der Waals surface area contributed by atoms with Gasteiger partial charge in [-0.3, -0.25) is 0 Å². The fourth-order valence-corrected chi connectivity index (χ4v) is 3.44. The summed E-state index contributed by atoms with van der Waals surface area (Å²) < 4.78 is 5.56. The van der Waals surface area contributed by atoms with Gasteiger partial charge in [-0.15, -0.1) is 0 Å². The van der Waals surface area contributed by atoms with Crippen LogP contribution in [0.5, 0.6) is 0 Å². The normalized spacial score (nSPS) is 16.1. The zero-order chi connectivity index (χ0) is 15.9. The van der Waals surface area contributed by atoms with Gasteiger partial charge in [-0.1, -0.05) is 103 Å². The van der Waals surface area contributed by atoms with E-state index in [4.69, 9.17) is 4.74 Å². The van der Waals surface area contributed by atoms with Gasteiger partial charge in [0.1, 0.15) is 0 Å². The van der Waals surface area contributed by atoms with Gasteiger partial charge in [-0.25, -0.2) is 0 Å². The van der Waals surface area contributed by atoms with E-state index in [0.717, 1.165) is 5.92 Å². The van der Waals surface area contributed by atoms with Gasteiger partial charge < -0.3 is 4.74 Å². The Kier molecular flexibility index (Phi) is 13.2. The molecule has 0 aliphatic heterocycles. The number of methoxy groups -OCH3 is 1. The van der Waals surface area contributed by atoms with E-state index in [0.29, 0.717) is 6.10 Å². The average Bonchev–Trinajstić information content (AvgIpc) is 3.35.